The van der Waals surface area contributed by atoms with Crippen LogP contribution >= 0.6 is 11.8 Å². The van der Waals surface area contributed by atoms with Gasteiger partial charge in [-0.25, -0.2) is 4.79 Å². The molecule has 0 saturated heterocycles. The number of ether oxygens (including phenoxy) is 1. The molecule has 0 radical (unpaired) electrons. The van der Waals surface area contributed by atoms with Gasteiger partial charge in [0.05, 0.1) is 0 Å². The predicted octanol–water partition coefficient (Wildman–Crippen LogP) is 5.72. The van der Waals surface area contributed by atoms with E-state index in [2.05, 4.69) is 10.6 Å². The molecule has 2 atom stereocenters. The standard InChI is InChI=1S/C30H41N3O5S/c1-19-10-7-11-20(2)25(19)32-27(35)26(21-12-8-15-23(34)18-21)33(22-13-9-14-22)28(36)24(16-17-39-6)31-29(37)38-30(3,4)5/h7-8,10-12,15,18,22,24,26,34H,9,13-14,16-17H2,1-6H3,(H,31,37)(H,32,35). The van der Waals surface area contributed by atoms with Crippen LogP contribution in [0, 0.1) is 13.8 Å². The van der Waals surface area contributed by atoms with Gasteiger partial charge in [0.15, 0.2) is 0 Å². The fraction of sp³-hybridized carbons (Fsp3) is 0.500. The van der Waals surface area contributed by atoms with Gasteiger partial charge >= 0.3 is 6.09 Å². The number of phenolic OH excluding ortho intramolecular Hbond substituents is 1. The van der Waals surface area contributed by atoms with Crippen LogP contribution in [0.4, 0.5) is 10.5 Å². The van der Waals surface area contributed by atoms with E-state index in [0.717, 1.165) is 30.4 Å². The lowest BCUT2D eigenvalue weighted by molar-refractivity contribution is -0.145. The number of carbonyl (C=O) groups excluding carboxylic acids is 3. The van der Waals surface area contributed by atoms with Crippen molar-refractivity contribution in [2.75, 3.05) is 17.3 Å². The molecule has 8 nitrogen and oxygen atoms in total. The Morgan fingerprint density at radius 3 is 2.28 bits per heavy atom. The number of benzene rings is 2. The predicted molar refractivity (Wildman–Crippen MR) is 156 cm³/mol. The first-order valence-corrected chi connectivity index (χ1v) is 14.8. The third kappa shape index (κ3) is 8.14. The minimum absolute atomic E-state index is 0.00388. The maximum atomic E-state index is 14.3. The van der Waals surface area contributed by atoms with Gasteiger partial charge in [0, 0.05) is 11.7 Å². The molecule has 9 heteroatoms. The number of para-hydroxylation sites is 1. The van der Waals surface area contributed by atoms with Crippen LogP contribution in [0.5, 0.6) is 5.75 Å². The molecule has 0 bridgehead atoms. The quantitative estimate of drug-likeness (QED) is 0.346. The van der Waals surface area contributed by atoms with Crippen LogP contribution in [-0.4, -0.2) is 57.6 Å². The summed E-state index contributed by atoms with van der Waals surface area (Å²) in [6.07, 6.45) is 4.08. The number of nitrogens with zero attached hydrogens (tertiary/aromatic N) is 1. The van der Waals surface area contributed by atoms with E-state index in [-0.39, 0.29) is 23.6 Å². The number of amides is 3. The number of nitrogens with one attached hydrogen (secondary N) is 2. The molecule has 2 unspecified atom stereocenters. The molecule has 2 aromatic rings. The summed E-state index contributed by atoms with van der Waals surface area (Å²) < 4.78 is 5.45. The zero-order chi connectivity index (χ0) is 28.7. The van der Waals surface area contributed by atoms with Crippen molar-refractivity contribution in [1.82, 2.24) is 10.2 Å². The van der Waals surface area contributed by atoms with E-state index in [0.29, 0.717) is 23.4 Å². The van der Waals surface area contributed by atoms with Crippen molar-refractivity contribution >= 4 is 35.4 Å². The Morgan fingerprint density at radius 1 is 1.10 bits per heavy atom. The van der Waals surface area contributed by atoms with Gasteiger partial charge in [0.25, 0.3) is 5.91 Å². The number of thioether (sulfide) groups is 1. The van der Waals surface area contributed by atoms with Gasteiger partial charge in [-0.3, -0.25) is 9.59 Å². The number of phenols is 1. The fourth-order valence-electron chi connectivity index (χ4n) is 4.64. The largest absolute Gasteiger partial charge is 0.508 e. The number of anilines is 1. The van der Waals surface area contributed by atoms with Crippen molar-refractivity contribution in [2.45, 2.75) is 84.0 Å². The summed E-state index contributed by atoms with van der Waals surface area (Å²) in [5, 5.41) is 16.1. The molecule has 0 aliphatic heterocycles. The summed E-state index contributed by atoms with van der Waals surface area (Å²) in [6, 6.07) is 10.2. The van der Waals surface area contributed by atoms with E-state index in [1.807, 2.05) is 38.3 Å². The van der Waals surface area contributed by atoms with Gasteiger partial charge in [-0.05, 0) is 101 Å². The highest BCUT2D eigenvalue weighted by Gasteiger charge is 2.42. The number of rotatable bonds is 10. The summed E-state index contributed by atoms with van der Waals surface area (Å²) >= 11 is 1.57. The van der Waals surface area contributed by atoms with Gasteiger partial charge in [0.1, 0.15) is 23.4 Å². The number of hydrogen-bond acceptors (Lipinski definition) is 6. The van der Waals surface area contributed by atoms with Crippen LogP contribution < -0.4 is 10.6 Å². The molecule has 0 heterocycles. The molecule has 212 valence electrons. The highest BCUT2D eigenvalue weighted by Crippen LogP contribution is 2.36. The topological polar surface area (TPSA) is 108 Å². The second-order valence-electron chi connectivity index (χ2n) is 11.1. The molecule has 2 aromatic carbocycles. The van der Waals surface area contributed by atoms with E-state index in [1.165, 1.54) is 12.1 Å². The van der Waals surface area contributed by atoms with Crippen molar-refractivity contribution < 1.29 is 24.2 Å². The van der Waals surface area contributed by atoms with Crippen LogP contribution in [0.2, 0.25) is 0 Å². The molecule has 1 fully saturated rings. The second kappa shape index (κ2) is 13.2. The number of aromatic hydroxyl groups is 1. The maximum absolute atomic E-state index is 14.3. The van der Waals surface area contributed by atoms with Crippen LogP contribution in [0.15, 0.2) is 42.5 Å². The zero-order valence-corrected chi connectivity index (χ0v) is 24.6. The van der Waals surface area contributed by atoms with Crippen molar-refractivity contribution in [3.05, 3.63) is 59.2 Å². The highest BCUT2D eigenvalue weighted by molar-refractivity contribution is 7.98. The Morgan fingerprint density at radius 2 is 1.74 bits per heavy atom. The fourth-order valence-corrected chi connectivity index (χ4v) is 5.11. The molecular formula is C30H41N3O5S. The molecule has 3 amide bonds. The third-order valence-electron chi connectivity index (χ3n) is 6.76. The Labute approximate surface area is 235 Å². The van der Waals surface area contributed by atoms with Crippen LogP contribution in [0.1, 0.15) is 69.2 Å². The number of hydrogen-bond donors (Lipinski definition) is 3. The third-order valence-corrected chi connectivity index (χ3v) is 7.41. The SMILES string of the molecule is CSCCC(NC(=O)OC(C)(C)C)C(=O)N(C1CCC1)C(C(=O)Nc1c(C)cccc1C)c1cccc(O)c1. The molecule has 39 heavy (non-hydrogen) atoms. The molecule has 1 aliphatic carbocycles. The lowest BCUT2D eigenvalue weighted by Crippen LogP contribution is -2.57. The minimum Gasteiger partial charge on any atom is -0.508 e. The van der Waals surface area contributed by atoms with Crippen LogP contribution in [0.3, 0.4) is 0 Å². The monoisotopic (exact) mass is 555 g/mol. The van der Waals surface area contributed by atoms with E-state index < -0.39 is 23.8 Å². The molecule has 1 aliphatic rings. The van der Waals surface area contributed by atoms with Gasteiger partial charge < -0.3 is 25.4 Å². The minimum atomic E-state index is -1.01. The van der Waals surface area contributed by atoms with Crippen molar-refractivity contribution in [1.29, 1.82) is 0 Å². The van der Waals surface area contributed by atoms with Gasteiger partial charge in [0.2, 0.25) is 5.91 Å². The van der Waals surface area contributed by atoms with Gasteiger partial charge in [-0.15, -0.1) is 0 Å². The van der Waals surface area contributed by atoms with E-state index >= 15 is 0 Å². The zero-order valence-electron chi connectivity index (χ0n) is 23.7. The Kier molecular flexibility index (Phi) is 10.3. The number of alkyl carbamates (subject to hydrolysis) is 1. The smallest absolute Gasteiger partial charge is 0.408 e. The van der Waals surface area contributed by atoms with Gasteiger partial charge in [-0.1, -0.05) is 30.3 Å². The van der Waals surface area contributed by atoms with E-state index in [9.17, 15) is 19.5 Å². The summed E-state index contributed by atoms with van der Waals surface area (Å²) in [5.74, 6) is -0.0799. The van der Waals surface area contributed by atoms with E-state index in [4.69, 9.17) is 4.74 Å². The van der Waals surface area contributed by atoms with Crippen molar-refractivity contribution in [3.8, 4) is 5.75 Å². The summed E-state index contributed by atoms with van der Waals surface area (Å²) in [6.45, 7) is 9.14. The summed E-state index contributed by atoms with van der Waals surface area (Å²) in [7, 11) is 0. The van der Waals surface area contributed by atoms with Crippen LogP contribution in [0.25, 0.3) is 0 Å². The molecule has 0 spiro atoms. The number of carbonyl (C=O) groups is 3. The Hall–Kier alpha value is -3.20. The second-order valence-corrected chi connectivity index (χ2v) is 12.0. The molecule has 1 saturated carbocycles. The lowest BCUT2D eigenvalue weighted by Gasteiger charge is -2.43. The first-order valence-electron chi connectivity index (χ1n) is 13.4. The Bertz CT molecular complexity index is 1160. The first-order chi connectivity index (χ1) is 18.4. The Balaban J connectivity index is 2.04. The average Bonchev–Trinajstić information content (AvgIpc) is 2.81. The normalized spacial score (nSPS) is 15.0. The van der Waals surface area contributed by atoms with Crippen LogP contribution in [-0.2, 0) is 14.3 Å². The first kappa shape index (κ1) is 30.3. The molecule has 3 rings (SSSR count). The van der Waals surface area contributed by atoms with Crippen molar-refractivity contribution in [2.24, 2.45) is 0 Å². The molecular weight excluding hydrogens is 514 g/mol. The molecule has 3 N–H and O–H groups in total. The van der Waals surface area contributed by atoms with E-state index in [1.54, 1.807) is 49.6 Å². The summed E-state index contributed by atoms with van der Waals surface area (Å²) in [4.78, 5) is 42.7. The molecule has 0 aromatic heterocycles. The van der Waals surface area contributed by atoms with Crippen molar-refractivity contribution in [3.63, 3.8) is 0 Å². The maximum Gasteiger partial charge on any atom is 0.408 e. The average molecular weight is 556 g/mol. The lowest BCUT2D eigenvalue weighted by atomic mass is 9.87. The van der Waals surface area contributed by atoms with Gasteiger partial charge in [-0.2, -0.15) is 11.8 Å². The number of aryl methyl sites for hydroxylation is 2. The summed E-state index contributed by atoms with van der Waals surface area (Å²) in [5.41, 5.74) is 2.28. The highest BCUT2D eigenvalue weighted by atomic mass is 32.2.